The van der Waals surface area contributed by atoms with Gasteiger partial charge in [0, 0.05) is 5.75 Å². The predicted octanol–water partition coefficient (Wildman–Crippen LogP) is 1.30. The Balaban J connectivity index is 2.45. The lowest BCUT2D eigenvalue weighted by Crippen LogP contribution is -1.97. The standard InChI is InChI=1S/C4H11NS2/c5-3-1-2-4-7-6/h6H,1-5H2. The van der Waals surface area contributed by atoms with Gasteiger partial charge >= 0.3 is 0 Å². The molecule has 0 bridgehead atoms. The first kappa shape index (κ1) is 7.66. The van der Waals surface area contributed by atoms with E-state index in [1.807, 2.05) is 0 Å². The van der Waals surface area contributed by atoms with Gasteiger partial charge in [-0.3, -0.25) is 0 Å². The Morgan fingerprint density at radius 3 is 2.57 bits per heavy atom. The summed E-state index contributed by atoms with van der Waals surface area (Å²) >= 11 is 3.97. The van der Waals surface area contributed by atoms with Crippen molar-refractivity contribution in [2.45, 2.75) is 12.8 Å². The minimum atomic E-state index is 0.814. The summed E-state index contributed by atoms with van der Waals surface area (Å²) in [5.41, 5.74) is 5.24. The van der Waals surface area contributed by atoms with Crippen LogP contribution >= 0.6 is 22.5 Å². The zero-order valence-electron chi connectivity index (χ0n) is 4.26. The zero-order chi connectivity index (χ0) is 5.54. The van der Waals surface area contributed by atoms with E-state index in [1.165, 1.54) is 6.42 Å². The highest BCUT2D eigenvalue weighted by Gasteiger charge is 1.81. The maximum atomic E-state index is 5.24. The third-order valence-corrected chi connectivity index (χ3v) is 1.71. The molecule has 0 aliphatic carbocycles. The lowest BCUT2D eigenvalue weighted by Gasteiger charge is -1.90. The van der Waals surface area contributed by atoms with Crippen molar-refractivity contribution in [1.29, 1.82) is 0 Å². The van der Waals surface area contributed by atoms with Crippen molar-refractivity contribution in [1.82, 2.24) is 0 Å². The molecule has 1 nitrogen and oxygen atoms in total. The molecule has 0 amide bonds. The van der Waals surface area contributed by atoms with Crippen molar-refractivity contribution in [3.63, 3.8) is 0 Å². The molecule has 0 aromatic rings. The molecule has 0 heterocycles. The van der Waals surface area contributed by atoms with E-state index in [-0.39, 0.29) is 0 Å². The number of hydrogen-bond donors (Lipinski definition) is 2. The smallest absolute Gasteiger partial charge is 0.00349 e. The lowest BCUT2D eigenvalue weighted by molar-refractivity contribution is 0.816. The summed E-state index contributed by atoms with van der Waals surface area (Å²) in [7, 11) is 1.58. The van der Waals surface area contributed by atoms with E-state index in [4.69, 9.17) is 5.73 Å². The fourth-order valence-electron chi connectivity index (χ4n) is 0.311. The molecular weight excluding hydrogens is 126 g/mol. The van der Waals surface area contributed by atoms with Crippen LogP contribution in [0.25, 0.3) is 0 Å². The minimum Gasteiger partial charge on any atom is -0.330 e. The van der Waals surface area contributed by atoms with E-state index >= 15 is 0 Å². The Morgan fingerprint density at radius 1 is 1.43 bits per heavy atom. The largest absolute Gasteiger partial charge is 0.330 e. The average molecular weight is 137 g/mol. The molecule has 0 aromatic carbocycles. The summed E-state index contributed by atoms with van der Waals surface area (Å²) in [4.78, 5) is 0. The Kier molecular flexibility index (Phi) is 7.29. The molecule has 44 valence electrons. The predicted molar refractivity (Wildman–Crippen MR) is 39.7 cm³/mol. The van der Waals surface area contributed by atoms with Crippen LogP contribution in [0.1, 0.15) is 12.8 Å². The van der Waals surface area contributed by atoms with Gasteiger partial charge in [-0.1, -0.05) is 10.8 Å². The lowest BCUT2D eigenvalue weighted by atomic mass is 10.3. The molecule has 0 aliphatic heterocycles. The van der Waals surface area contributed by atoms with E-state index in [0.717, 1.165) is 18.7 Å². The van der Waals surface area contributed by atoms with Gasteiger partial charge in [0.15, 0.2) is 0 Å². The van der Waals surface area contributed by atoms with Crippen molar-refractivity contribution in [2.24, 2.45) is 5.73 Å². The van der Waals surface area contributed by atoms with Crippen LogP contribution in [0, 0.1) is 0 Å². The molecular formula is C4H11NS2. The normalized spacial score (nSPS) is 9.43. The van der Waals surface area contributed by atoms with Gasteiger partial charge in [-0.25, -0.2) is 0 Å². The Labute approximate surface area is 53.9 Å². The van der Waals surface area contributed by atoms with E-state index in [2.05, 4.69) is 11.7 Å². The number of nitrogens with two attached hydrogens (primary N) is 1. The van der Waals surface area contributed by atoms with E-state index in [1.54, 1.807) is 10.8 Å². The highest BCUT2D eigenvalue weighted by Crippen LogP contribution is 2.06. The van der Waals surface area contributed by atoms with Gasteiger partial charge < -0.3 is 5.73 Å². The van der Waals surface area contributed by atoms with Crippen molar-refractivity contribution < 1.29 is 0 Å². The summed E-state index contributed by atoms with van der Waals surface area (Å²) in [6.07, 6.45) is 2.33. The summed E-state index contributed by atoms with van der Waals surface area (Å²) in [5.74, 6) is 1.13. The van der Waals surface area contributed by atoms with Gasteiger partial charge in [0.25, 0.3) is 0 Å². The summed E-state index contributed by atoms with van der Waals surface area (Å²) in [5, 5.41) is 0. The average Bonchev–Trinajstić information content (AvgIpc) is 1.69. The second kappa shape index (κ2) is 6.66. The Hall–Kier alpha value is 0.660. The van der Waals surface area contributed by atoms with Crippen LogP contribution in [0.3, 0.4) is 0 Å². The third-order valence-electron chi connectivity index (χ3n) is 0.690. The second-order valence-corrected chi connectivity index (χ2v) is 2.77. The number of hydrogen-bond acceptors (Lipinski definition) is 3. The minimum absolute atomic E-state index is 0.814. The molecule has 7 heavy (non-hydrogen) atoms. The quantitative estimate of drug-likeness (QED) is 0.347. The Morgan fingerprint density at radius 2 is 2.14 bits per heavy atom. The molecule has 0 aromatic heterocycles. The first-order valence-corrected chi connectivity index (χ1v) is 4.42. The van der Waals surface area contributed by atoms with Crippen LogP contribution in [0.15, 0.2) is 0 Å². The van der Waals surface area contributed by atoms with Crippen molar-refractivity contribution >= 4 is 22.5 Å². The van der Waals surface area contributed by atoms with Crippen LogP contribution in [0.5, 0.6) is 0 Å². The molecule has 0 fully saturated rings. The van der Waals surface area contributed by atoms with Crippen LogP contribution in [0.4, 0.5) is 0 Å². The fourth-order valence-corrected chi connectivity index (χ4v) is 1.03. The zero-order valence-corrected chi connectivity index (χ0v) is 5.97. The van der Waals surface area contributed by atoms with Gasteiger partial charge in [0.05, 0.1) is 0 Å². The fraction of sp³-hybridized carbons (Fsp3) is 1.00. The maximum absolute atomic E-state index is 5.24. The SMILES string of the molecule is NCCCCSS. The van der Waals surface area contributed by atoms with Gasteiger partial charge in [-0.2, -0.15) is 0 Å². The topological polar surface area (TPSA) is 26.0 Å². The molecule has 0 aliphatic rings. The van der Waals surface area contributed by atoms with E-state index in [9.17, 15) is 0 Å². The monoisotopic (exact) mass is 137 g/mol. The van der Waals surface area contributed by atoms with Gasteiger partial charge in [-0.05, 0) is 19.4 Å². The van der Waals surface area contributed by atoms with E-state index < -0.39 is 0 Å². The Bertz CT molecular complexity index is 28.9. The number of thiol groups is 1. The third kappa shape index (κ3) is 6.66. The second-order valence-electron chi connectivity index (χ2n) is 1.33. The molecule has 0 saturated heterocycles. The van der Waals surface area contributed by atoms with E-state index in [0.29, 0.717) is 0 Å². The summed E-state index contributed by atoms with van der Waals surface area (Å²) < 4.78 is 0. The van der Waals surface area contributed by atoms with Crippen molar-refractivity contribution in [2.75, 3.05) is 12.3 Å². The summed E-state index contributed by atoms with van der Waals surface area (Å²) in [6, 6.07) is 0. The first-order valence-electron chi connectivity index (χ1n) is 2.38. The molecule has 0 saturated carbocycles. The molecule has 0 atom stereocenters. The molecule has 0 radical (unpaired) electrons. The molecule has 0 rings (SSSR count). The van der Waals surface area contributed by atoms with Crippen molar-refractivity contribution in [3.05, 3.63) is 0 Å². The van der Waals surface area contributed by atoms with Crippen molar-refractivity contribution in [3.8, 4) is 0 Å². The van der Waals surface area contributed by atoms with Crippen LogP contribution in [-0.2, 0) is 0 Å². The van der Waals surface area contributed by atoms with Crippen LogP contribution in [-0.4, -0.2) is 12.3 Å². The first-order chi connectivity index (χ1) is 3.41. The number of unbranched alkanes of at least 4 members (excludes halogenated alkanes) is 1. The molecule has 2 N–H and O–H groups in total. The molecule has 0 unspecified atom stereocenters. The highest BCUT2D eigenvalue weighted by atomic mass is 33.1. The van der Waals surface area contributed by atoms with Crippen LogP contribution in [0.2, 0.25) is 0 Å². The molecule has 3 heteroatoms. The maximum Gasteiger partial charge on any atom is 0.00349 e. The van der Waals surface area contributed by atoms with Gasteiger partial charge in [0.2, 0.25) is 0 Å². The summed E-state index contributed by atoms with van der Waals surface area (Å²) in [6.45, 7) is 0.814. The molecule has 0 spiro atoms. The number of rotatable bonds is 4. The van der Waals surface area contributed by atoms with Crippen LogP contribution < -0.4 is 5.73 Å². The van der Waals surface area contributed by atoms with Gasteiger partial charge in [-0.15, -0.1) is 11.7 Å². The highest BCUT2D eigenvalue weighted by molar-refractivity contribution is 8.68. The van der Waals surface area contributed by atoms with Gasteiger partial charge in [0.1, 0.15) is 0 Å².